The van der Waals surface area contributed by atoms with E-state index in [1.807, 2.05) is 19.0 Å². The SMILES string of the molecule is CCCCC/C=C\C/C=C\CCCCCCCC(=O)OCC1(COC(=O)CCC(OCCCCCCCC)OCCCCCCCC)CCN(C(=O)SCCCN(C)C)CC1. The Balaban J connectivity index is 2.62. The van der Waals surface area contributed by atoms with Crippen LogP contribution in [0.15, 0.2) is 24.3 Å². The lowest BCUT2D eigenvalue weighted by Crippen LogP contribution is -2.46. The number of rotatable bonds is 41. The molecule has 1 saturated heterocycles. The van der Waals surface area contributed by atoms with Gasteiger partial charge in [-0.05, 0) is 91.3 Å². The molecular weight excluding hydrogens is 785 g/mol. The highest BCUT2D eigenvalue weighted by Crippen LogP contribution is 2.34. The third-order valence-corrected chi connectivity index (χ3v) is 12.7. The molecule has 1 rings (SSSR count). The van der Waals surface area contributed by atoms with Crippen LogP contribution in [0.4, 0.5) is 4.79 Å². The second-order valence-corrected chi connectivity index (χ2v) is 18.9. The number of nitrogens with zero attached hydrogens (tertiary/aromatic N) is 2. The van der Waals surface area contributed by atoms with Crippen molar-refractivity contribution in [1.29, 1.82) is 0 Å². The Morgan fingerprint density at radius 2 is 1.08 bits per heavy atom. The van der Waals surface area contributed by atoms with Crippen LogP contribution >= 0.6 is 11.8 Å². The van der Waals surface area contributed by atoms with Gasteiger partial charge in [-0.25, -0.2) is 0 Å². The molecule has 1 heterocycles. The summed E-state index contributed by atoms with van der Waals surface area (Å²) < 4.78 is 24.2. The first-order valence-electron chi connectivity index (χ1n) is 25.2. The molecule has 9 nitrogen and oxygen atoms in total. The fourth-order valence-corrected chi connectivity index (χ4v) is 8.28. The molecule has 0 aromatic carbocycles. The number of hydrogen-bond donors (Lipinski definition) is 0. The number of likely N-dealkylation sites (tertiary alicyclic amines) is 1. The largest absolute Gasteiger partial charge is 0.465 e. The minimum absolute atomic E-state index is 0.0932. The number of carbonyl (C=O) groups excluding carboxylic acids is 3. The summed E-state index contributed by atoms with van der Waals surface area (Å²) in [5.74, 6) is 0.301. The summed E-state index contributed by atoms with van der Waals surface area (Å²) in [5, 5.41) is 0.0932. The number of esters is 2. The van der Waals surface area contributed by atoms with Crippen LogP contribution in [0.3, 0.4) is 0 Å². The Bertz CT molecular complexity index is 1090. The van der Waals surface area contributed by atoms with E-state index in [0.717, 1.165) is 76.5 Å². The maximum Gasteiger partial charge on any atom is 0.305 e. The number of carbonyl (C=O) groups is 3. The second kappa shape index (κ2) is 40.9. The van der Waals surface area contributed by atoms with E-state index in [4.69, 9.17) is 18.9 Å². The molecule has 0 aromatic heterocycles. The number of piperidine rings is 1. The Morgan fingerprint density at radius 3 is 1.64 bits per heavy atom. The van der Waals surface area contributed by atoms with Gasteiger partial charge in [-0.2, -0.15) is 0 Å². The van der Waals surface area contributed by atoms with Crippen LogP contribution in [0.2, 0.25) is 0 Å². The second-order valence-electron chi connectivity index (χ2n) is 17.8. The number of hydrogen-bond acceptors (Lipinski definition) is 9. The summed E-state index contributed by atoms with van der Waals surface area (Å²) in [4.78, 5) is 43.3. The maximum atomic E-state index is 13.2. The van der Waals surface area contributed by atoms with Gasteiger partial charge in [-0.15, -0.1) is 0 Å². The molecule has 0 spiro atoms. The summed E-state index contributed by atoms with van der Waals surface area (Å²) in [5.41, 5.74) is -0.516. The summed E-state index contributed by atoms with van der Waals surface area (Å²) in [6.07, 6.45) is 38.7. The van der Waals surface area contributed by atoms with Crippen molar-refractivity contribution in [1.82, 2.24) is 9.80 Å². The predicted octanol–water partition coefficient (Wildman–Crippen LogP) is 13.6. The molecular formula is C51H94N2O7S. The molecule has 0 unspecified atom stereocenters. The third-order valence-electron chi connectivity index (χ3n) is 11.7. The van der Waals surface area contributed by atoms with Gasteiger partial charge in [-0.1, -0.05) is 153 Å². The topological polar surface area (TPSA) is 94.6 Å². The molecule has 0 radical (unpaired) electrons. The zero-order valence-electron chi connectivity index (χ0n) is 40.2. The van der Waals surface area contributed by atoms with Crippen molar-refractivity contribution >= 4 is 28.9 Å². The Labute approximate surface area is 379 Å². The molecule has 0 aromatic rings. The maximum absolute atomic E-state index is 13.2. The summed E-state index contributed by atoms with van der Waals surface area (Å²) in [7, 11) is 4.09. The molecule has 61 heavy (non-hydrogen) atoms. The lowest BCUT2D eigenvalue weighted by molar-refractivity contribution is -0.164. The number of ether oxygens (including phenoxy) is 4. The van der Waals surface area contributed by atoms with E-state index in [0.29, 0.717) is 52.0 Å². The van der Waals surface area contributed by atoms with Crippen molar-refractivity contribution in [3.8, 4) is 0 Å². The van der Waals surface area contributed by atoms with Crippen LogP contribution in [0, 0.1) is 5.41 Å². The van der Waals surface area contributed by atoms with Crippen LogP contribution in [-0.2, 0) is 28.5 Å². The Morgan fingerprint density at radius 1 is 0.607 bits per heavy atom. The molecule has 0 saturated carbocycles. The molecule has 1 aliphatic heterocycles. The van der Waals surface area contributed by atoms with Gasteiger partial charge in [0.1, 0.15) is 13.2 Å². The van der Waals surface area contributed by atoms with Crippen LogP contribution in [0.1, 0.15) is 207 Å². The van der Waals surface area contributed by atoms with Crippen LogP contribution < -0.4 is 0 Å². The Kier molecular flexibility index (Phi) is 38.3. The van der Waals surface area contributed by atoms with Gasteiger partial charge in [0, 0.05) is 50.3 Å². The number of amides is 1. The third kappa shape index (κ3) is 34.2. The van der Waals surface area contributed by atoms with Gasteiger partial charge in [-0.3, -0.25) is 14.4 Å². The molecule has 1 amide bonds. The van der Waals surface area contributed by atoms with E-state index in [1.165, 1.54) is 102 Å². The standard InChI is InChI=1S/C51H94N2O7S/c1-6-9-12-15-18-19-20-21-22-23-24-25-26-27-30-34-47(54)59-45-51(37-40-53(41-38-51)50(56)61-44-33-39-52(4)5)46-60-48(55)35-36-49(57-42-31-28-16-13-10-7-2)58-43-32-29-17-14-11-8-3/h18-19,21-22,49H,6-17,20,23-46H2,1-5H3/b19-18-,22-21-. The van der Waals surface area contributed by atoms with Crippen molar-refractivity contribution in [2.45, 2.75) is 213 Å². The molecule has 0 N–H and O–H groups in total. The van der Waals surface area contributed by atoms with Crippen molar-refractivity contribution < 1.29 is 33.3 Å². The lowest BCUT2D eigenvalue weighted by Gasteiger charge is -2.40. The first-order chi connectivity index (χ1) is 29.7. The zero-order chi connectivity index (χ0) is 44.5. The van der Waals surface area contributed by atoms with Crippen molar-refractivity contribution in [3.05, 3.63) is 24.3 Å². The van der Waals surface area contributed by atoms with Crippen LogP contribution in [-0.4, -0.2) is 99.2 Å². The molecule has 356 valence electrons. The molecule has 1 aliphatic rings. The molecule has 1 fully saturated rings. The molecule has 10 heteroatoms. The van der Waals surface area contributed by atoms with Gasteiger partial charge < -0.3 is 28.7 Å². The van der Waals surface area contributed by atoms with Crippen LogP contribution in [0.5, 0.6) is 0 Å². The van der Waals surface area contributed by atoms with E-state index in [9.17, 15) is 14.4 Å². The highest BCUT2D eigenvalue weighted by molar-refractivity contribution is 8.13. The van der Waals surface area contributed by atoms with E-state index in [1.54, 1.807) is 0 Å². The highest BCUT2D eigenvalue weighted by Gasteiger charge is 2.39. The monoisotopic (exact) mass is 879 g/mol. The molecule has 0 atom stereocenters. The summed E-state index contributed by atoms with van der Waals surface area (Å²) in [6.45, 7) is 10.4. The minimum atomic E-state index is -0.516. The van der Waals surface area contributed by atoms with E-state index >= 15 is 0 Å². The Hall–Kier alpha value is -1.88. The van der Waals surface area contributed by atoms with Gasteiger partial charge >= 0.3 is 11.9 Å². The fourth-order valence-electron chi connectivity index (χ4n) is 7.46. The van der Waals surface area contributed by atoms with Gasteiger partial charge in [0.15, 0.2) is 6.29 Å². The van der Waals surface area contributed by atoms with Crippen molar-refractivity contribution in [2.75, 3.05) is 65.9 Å². The van der Waals surface area contributed by atoms with E-state index in [2.05, 4.69) is 50.0 Å². The first-order valence-corrected chi connectivity index (χ1v) is 26.1. The minimum Gasteiger partial charge on any atom is -0.465 e. The smallest absolute Gasteiger partial charge is 0.305 e. The lowest BCUT2D eigenvalue weighted by atomic mass is 9.80. The van der Waals surface area contributed by atoms with E-state index in [-0.39, 0.29) is 36.8 Å². The van der Waals surface area contributed by atoms with Gasteiger partial charge in [0.2, 0.25) is 0 Å². The van der Waals surface area contributed by atoms with E-state index < -0.39 is 11.7 Å². The number of thioether (sulfide) groups is 1. The zero-order valence-corrected chi connectivity index (χ0v) is 41.0. The first kappa shape index (κ1) is 57.1. The van der Waals surface area contributed by atoms with Crippen LogP contribution in [0.25, 0.3) is 0 Å². The van der Waals surface area contributed by atoms with Gasteiger partial charge in [0.25, 0.3) is 5.24 Å². The average Bonchev–Trinajstić information content (AvgIpc) is 3.26. The average molecular weight is 879 g/mol. The summed E-state index contributed by atoms with van der Waals surface area (Å²) >= 11 is 1.38. The van der Waals surface area contributed by atoms with Crippen molar-refractivity contribution in [2.24, 2.45) is 5.41 Å². The highest BCUT2D eigenvalue weighted by atomic mass is 32.2. The number of unbranched alkanes of at least 4 members (excludes halogenated alkanes) is 18. The normalized spacial score (nSPS) is 14.2. The quantitative estimate of drug-likeness (QED) is 0.0257. The summed E-state index contributed by atoms with van der Waals surface area (Å²) in [6, 6.07) is 0. The van der Waals surface area contributed by atoms with Crippen molar-refractivity contribution in [3.63, 3.8) is 0 Å². The number of allylic oxidation sites excluding steroid dienone is 4. The molecule has 0 aliphatic carbocycles. The molecule has 0 bridgehead atoms. The fraction of sp³-hybridized carbons (Fsp3) is 0.863. The predicted molar refractivity (Wildman–Crippen MR) is 257 cm³/mol. The van der Waals surface area contributed by atoms with Gasteiger partial charge in [0.05, 0.1) is 6.42 Å².